The van der Waals surface area contributed by atoms with Crippen molar-refractivity contribution in [2.75, 3.05) is 13.1 Å². The number of aryl methyl sites for hydroxylation is 1. The third kappa shape index (κ3) is 3.38. The van der Waals surface area contributed by atoms with Crippen LogP contribution in [-0.2, 0) is 11.2 Å². The second kappa shape index (κ2) is 6.06. The van der Waals surface area contributed by atoms with Gasteiger partial charge in [-0.25, -0.2) is 0 Å². The lowest BCUT2D eigenvalue weighted by Gasteiger charge is -2.29. The van der Waals surface area contributed by atoms with E-state index in [1.165, 1.54) is 24.0 Å². The van der Waals surface area contributed by atoms with Crippen LogP contribution in [-0.4, -0.2) is 41.2 Å². The van der Waals surface area contributed by atoms with Crippen LogP contribution in [0.2, 0.25) is 0 Å². The minimum Gasteiger partial charge on any atom is -0.488 e. The lowest BCUT2D eigenvalue weighted by molar-refractivity contribution is -0.139. The first-order valence-electron chi connectivity index (χ1n) is 7.84. The Morgan fingerprint density at radius 2 is 2.14 bits per heavy atom. The lowest BCUT2D eigenvalue weighted by Crippen LogP contribution is -2.43. The van der Waals surface area contributed by atoms with Gasteiger partial charge in [-0.1, -0.05) is 30.5 Å². The van der Waals surface area contributed by atoms with Gasteiger partial charge in [0.25, 0.3) is 0 Å². The molecule has 0 bridgehead atoms. The minimum absolute atomic E-state index is 0.0850. The normalized spacial score (nSPS) is 21.5. The number of benzene rings is 1. The summed E-state index contributed by atoms with van der Waals surface area (Å²) in [7, 11) is 0. The van der Waals surface area contributed by atoms with Gasteiger partial charge in [0, 0.05) is 19.0 Å². The van der Waals surface area contributed by atoms with Crippen LogP contribution in [0.25, 0.3) is 0 Å². The molecule has 3 rings (SSSR count). The van der Waals surface area contributed by atoms with E-state index in [1.807, 2.05) is 6.07 Å². The summed E-state index contributed by atoms with van der Waals surface area (Å²) in [6.07, 6.45) is 5.64. The zero-order chi connectivity index (χ0) is 14.8. The maximum absolute atomic E-state index is 11.1. The minimum atomic E-state index is -0.742. The molecule has 1 aromatic rings. The fourth-order valence-electron chi connectivity index (χ4n) is 3.60. The van der Waals surface area contributed by atoms with Crippen LogP contribution in [0.1, 0.15) is 36.8 Å². The van der Waals surface area contributed by atoms with Crippen molar-refractivity contribution in [1.29, 1.82) is 0 Å². The van der Waals surface area contributed by atoms with E-state index in [0.717, 1.165) is 25.0 Å². The molecule has 1 aromatic carbocycles. The third-order valence-corrected chi connectivity index (χ3v) is 4.57. The zero-order valence-electron chi connectivity index (χ0n) is 12.5. The second-order valence-corrected chi connectivity index (χ2v) is 6.32. The van der Waals surface area contributed by atoms with Gasteiger partial charge in [-0.05, 0) is 31.4 Å². The highest BCUT2D eigenvalue weighted by Gasteiger charge is 2.30. The molecule has 1 N–H and O–H groups in total. The van der Waals surface area contributed by atoms with Gasteiger partial charge in [0.15, 0.2) is 0 Å². The predicted molar refractivity (Wildman–Crippen MR) is 80.8 cm³/mol. The molecule has 1 unspecified atom stereocenters. The van der Waals surface area contributed by atoms with Gasteiger partial charge >= 0.3 is 5.97 Å². The topological polar surface area (TPSA) is 49.8 Å². The van der Waals surface area contributed by atoms with Gasteiger partial charge < -0.3 is 9.84 Å². The molecule has 0 saturated heterocycles. The molecule has 0 spiro atoms. The van der Waals surface area contributed by atoms with Crippen molar-refractivity contribution >= 4 is 5.97 Å². The average molecular weight is 289 g/mol. The number of ether oxygens (including phenoxy) is 1. The van der Waals surface area contributed by atoms with E-state index in [4.69, 9.17) is 9.84 Å². The van der Waals surface area contributed by atoms with Crippen LogP contribution in [0.15, 0.2) is 18.2 Å². The van der Waals surface area contributed by atoms with E-state index < -0.39 is 5.97 Å². The maximum Gasteiger partial charge on any atom is 0.317 e. The first kappa shape index (κ1) is 14.4. The van der Waals surface area contributed by atoms with E-state index in [9.17, 15) is 4.79 Å². The Morgan fingerprint density at radius 3 is 2.86 bits per heavy atom. The number of carboxylic acids is 1. The molecule has 1 aliphatic carbocycles. The van der Waals surface area contributed by atoms with Gasteiger partial charge in [0.2, 0.25) is 0 Å². The molecule has 1 aliphatic heterocycles. The number of carbonyl (C=O) groups is 1. The standard InChI is InChI=1S/C17H23NO3/c1-12-6-7-16-13(8-12)9-15(21-16)10-18(11-17(19)20)14-4-2-3-5-14/h6-8,14-15H,2-5,9-11H2,1H3,(H,19,20). The number of hydrogen-bond donors (Lipinski definition) is 1. The van der Waals surface area contributed by atoms with Crippen molar-refractivity contribution in [3.8, 4) is 5.75 Å². The number of carboxylic acid groups (broad SMARTS) is 1. The molecule has 1 atom stereocenters. The molecule has 0 aromatic heterocycles. The largest absolute Gasteiger partial charge is 0.488 e. The predicted octanol–water partition coefficient (Wildman–Crippen LogP) is 2.63. The molecule has 4 nitrogen and oxygen atoms in total. The fraction of sp³-hybridized carbons (Fsp3) is 0.588. The quantitative estimate of drug-likeness (QED) is 0.905. The Kier molecular flexibility index (Phi) is 4.15. The van der Waals surface area contributed by atoms with Crippen molar-refractivity contribution in [1.82, 2.24) is 4.90 Å². The summed E-state index contributed by atoms with van der Waals surface area (Å²) in [6.45, 7) is 2.92. The van der Waals surface area contributed by atoms with E-state index in [0.29, 0.717) is 12.6 Å². The fourth-order valence-corrected chi connectivity index (χ4v) is 3.60. The van der Waals surface area contributed by atoms with E-state index >= 15 is 0 Å². The monoisotopic (exact) mass is 289 g/mol. The van der Waals surface area contributed by atoms with Crippen molar-refractivity contribution < 1.29 is 14.6 Å². The van der Waals surface area contributed by atoms with Gasteiger partial charge in [-0.15, -0.1) is 0 Å². The first-order valence-corrected chi connectivity index (χ1v) is 7.84. The van der Waals surface area contributed by atoms with Crippen molar-refractivity contribution in [3.63, 3.8) is 0 Å². The number of aliphatic carboxylic acids is 1. The summed E-state index contributed by atoms with van der Waals surface area (Å²) in [6, 6.07) is 6.68. The molecule has 1 saturated carbocycles. The summed E-state index contributed by atoms with van der Waals surface area (Å²) in [5, 5.41) is 9.15. The third-order valence-electron chi connectivity index (χ3n) is 4.57. The van der Waals surface area contributed by atoms with Crippen molar-refractivity contribution in [2.24, 2.45) is 0 Å². The Labute approximate surface area is 125 Å². The van der Waals surface area contributed by atoms with Crippen LogP contribution in [0.4, 0.5) is 0 Å². The summed E-state index contributed by atoms with van der Waals surface area (Å²) >= 11 is 0. The number of rotatable bonds is 5. The molecule has 21 heavy (non-hydrogen) atoms. The van der Waals surface area contributed by atoms with Crippen molar-refractivity contribution in [2.45, 2.75) is 51.2 Å². The maximum atomic E-state index is 11.1. The average Bonchev–Trinajstić information content (AvgIpc) is 3.05. The van der Waals surface area contributed by atoms with Gasteiger partial charge in [0.1, 0.15) is 11.9 Å². The number of fused-ring (bicyclic) bond motifs is 1. The van der Waals surface area contributed by atoms with Gasteiger partial charge in [0.05, 0.1) is 6.54 Å². The highest BCUT2D eigenvalue weighted by atomic mass is 16.5. The lowest BCUT2D eigenvalue weighted by atomic mass is 10.1. The molecule has 114 valence electrons. The van der Waals surface area contributed by atoms with Crippen LogP contribution >= 0.6 is 0 Å². The van der Waals surface area contributed by atoms with Crippen LogP contribution < -0.4 is 4.74 Å². The molecule has 1 fully saturated rings. The Balaban J connectivity index is 1.65. The molecular weight excluding hydrogens is 266 g/mol. The van der Waals surface area contributed by atoms with E-state index in [-0.39, 0.29) is 12.6 Å². The van der Waals surface area contributed by atoms with Gasteiger partial charge in [-0.3, -0.25) is 9.69 Å². The zero-order valence-corrected chi connectivity index (χ0v) is 12.5. The summed E-state index contributed by atoms with van der Waals surface area (Å²) < 4.78 is 6.00. The Hall–Kier alpha value is -1.55. The second-order valence-electron chi connectivity index (χ2n) is 6.32. The van der Waals surface area contributed by atoms with Crippen LogP contribution in [0.3, 0.4) is 0 Å². The van der Waals surface area contributed by atoms with E-state index in [2.05, 4.69) is 24.0 Å². The highest BCUT2D eigenvalue weighted by molar-refractivity contribution is 5.69. The SMILES string of the molecule is Cc1ccc2c(c1)CC(CN(CC(=O)O)C1CCCC1)O2. The Morgan fingerprint density at radius 1 is 1.38 bits per heavy atom. The van der Waals surface area contributed by atoms with Gasteiger partial charge in [-0.2, -0.15) is 0 Å². The van der Waals surface area contributed by atoms with Crippen LogP contribution in [0.5, 0.6) is 5.75 Å². The molecule has 4 heteroatoms. The number of hydrogen-bond acceptors (Lipinski definition) is 3. The summed E-state index contributed by atoms with van der Waals surface area (Å²) in [5.41, 5.74) is 2.50. The number of nitrogens with zero attached hydrogens (tertiary/aromatic N) is 1. The molecular formula is C17H23NO3. The van der Waals surface area contributed by atoms with Crippen molar-refractivity contribution in [3.05, 3.63) is 29.3 Å². The van der Waals surface area contributed by atoms with Crippen LogP contribution in [0, 0.1) is 6.92 Å². The molecule has 1 heterocycles. The first-order chi connectivity index (χ1) is 10.1. The summed E-state index contributed by atoms with van der Waals surface area (Å²) in [4.78, 5) is 13.2. The Bertz CT molecular complexity index is 523. The molecule has 2 aliphatic rings. The molecule has 0 radical (unpaired) electrons. The molecule has 0 amide bonds. The van der Waals surface area contributed by atoms with E-state index in [1.54, 1.807) is 0 Å². The smallest absolute Gasteiger partial charge is 0.317 e. The summed E-state index contributed by atoms with van der Waals surface area (Å²) in [5.74, 6) is 0.223. The highest BCUT2D eigenvalue weighted by Crippen LogP contribution is 2.31.